The molecule has 1 aromatic carbocycles. The molecular weight excluding hydrogens is 306 g/mol. The highest BCUT2D eigenvalue weighted by Crippen LogP contribution is 2.29. The second-order valence-corrected chi connectivity index (χ2v) is 4.96. The number of aryl methyl sites for hydroxylation is 1. The number of carboxylic acids is 1. The van der Waals surface area contributed by atoms with Gasteiger partial charge in [0.2, 0.25) is 0 Å². The van der Waals surface area contributed by atoms with E-state index in [4.69, 9.17) is 9.84 Å². The third-order valence-electron chi connectivity index (χ3n) is 2.07. The van der Waals surface area contributed by atoms with Gasteiger partial charge in [0, 0.05) is 5.38 Å². The maximum atomic E-state index is 10.8. The fraction of sp³-hybridized carbons (Fsp3) is 0.0909. The second kappa shape index (κ2) is 4.85. The van der Waals surface area contributed by atoms with Gasteiger partial charge in [-0.25, -0.2) is 4.79 Å². The molecule has 1 heterocycles. The largest absolute Gasteiger partial charge is 0.478 e. The van der Waals surface area contributed by atoms with Gasteiger partial charge in [-0.2, -0.15) is 4.98 Å². The zero-order valence-corrected chi connectivity index (χ0v) is 11.2. The smallest absolute Gasteiger partial charge is 0.335 e. The molecule has 0 bridgehead atoms. The Morgan fingerprint density at radius 1 is 1.53 bits per heavy atom. The third-order valence-corrected chi connectivity index (χ3v) is 3.50. The Morgan fingerprint density at radius 3 is 2.82 bits per heavy atom. The first-order valence-corrected chi connectivity index (χ1v) is 6.36. The van der Waals surface area contributed by atoms with Crippen molar-refractivity contribution in [3.8, 4) is 10.9 Å². The molecule has 0 amide bonds. The molecule has 0 unspecified atom stereocenters. The van der Waals surface area contributed by atoms with Crippen molar-refractivity contribution in [3.05, 3.63) is 39.3 Å². The van der Waals surface area contributed by atoms with Crippen molar-refractivity contribution in [2.45, 2.75) is 6.92 Å². The normalized spacial score (nSPS) is 10.2. The summed E-state index contributed by atoms with van der Waals surface area (Å²) in [5.41, 5.74) is 1.01. The molecule has 17 heavy (non-hydrogen) atoms. The summed E-state index contributed by atoms with van der Waals surface area (Å²) in [6, 6.07) is 4.71. The predicted octanol–water partition coefficient (Wildman–Crippen LogP) is 3.70. The summed E-state index contributed by atoms with van der Waals surface area (Å²) in [7, 11) is 0. The van der Waals surface area contributed by atoms with E-state index in [1.807, 2.05) is 5.38 Å². The zero-order valence-electron chi connectivity index (χ0n) is 8.81. The first-order chi connectivity index (χ1) is 8.06. The van der Waals surface area contributed by atoms with Crippen LogP contribution in [0.1, 0.15) is 15.9 Å². The van der Waals surface area contributed by atoms with E-state index in [9.17, 15) is 4.79 Å². The number of halogens is 1. The number of carbonyl (C=O) groups is 1. The van der Waals surface area contributed by atoms with Crippen LogP contribution in [0.3, 0.4) is 0 Å². The lowest BCUT2D eigenvalue weighted by molar-refractivity contribution is 0.0697. The molecule has 88 valence electrons. The highest BCUT2D eigenvalue weighted by molar-refractivity contribution is 9.10. The monoisotopic (exact) mass is 313 g/mol. The van der Waals surface area contributed by atoms with Crippen LogP contribution in [0.2, 0.25) is 0 Å². The first kappa shape index (κ1) is 12.1. The predicted molar refractivity (Wildman–Crippen MR) is 68.0 cm³/mol. The van der Waals surface area contributed by atoms with Gasteiger partial charge in [-0.3, -0.25) is 0 Å². The topological polar surface area (TPSA) is 59.4 Å². The Morgan fingerprint density at radius 2 is 2.29 bits per heavy atom. The summed E-state index contributed by atoms with van der Waals surface area (Å²) in [5.74, 6) is -0.339. The second-order valence-electron chi connectivity index (χ2n) is 3.32. The Kier molecular flexibility index (Phi) is 3.44. The molecule has 0 atom stereocenters. The number of hydrogen-bond acceptors (Lipinski definition) is 4. The van der Waals surface area contributed by atoms with Gasteiger partial charge < -0.3 is 9.84 Å². The van der Waals surface area contributed by atoms with Crippen LogP contribution in [0.4, 0.5) is 0 Å². The fourth-order valence-electron chi connectivity index (χ4n) is 1.28. The van der Waals surface area contributed by atoms with Gasteiger partial charge in [0.25, 0.3) is 5.19 Å². The molecule has 0 radical (unpaired) electrons. The van der Waals surface area contributed by atoms with Gasteiger partial charge in [0.15, 0.2) is 0 Å². The highest BCUT2D eigenvalue weighted by Gasteiger charge is 2.08. The minimum atomic E-state index is -0.948. The number of thiazole rings is 1. The summed E-state index contributed by atoms with van der Waals surface area (Å²) in [6.07, 6.45) is 0. The minimum absolute atomic E-state index is 0.246. The molecule has 1 N–H and O–H groups in total. The third kappa shape index (κ3) is 2.83. The van der Waals surface area contributed by atoms with Gasteiger partial charge in [0.1, 0.15) is 10.4 Å². The number of hydrogen-bond donors (Lipinski definition) is 1. The molecule has 0 fully saturated rings. The molecule has 2 rings (SSSR count). The number of aromatic carboxylic acids is 1. The van der Waals surface area contributed by atoms with Gasteiger partial charge in [-0.15, -0.1) is 0 Å². The molecule has 6 heteroatoms. The van der Waals surface area contributed by atoms with Gasteiger partial charge in [-0.1, -0.05) is 11.3 Å². The van der Waals surface area contributed by atoms with E-state index in [1.165, 1.54) is 17.4 Å². The molecule has 4 nitrogen and oxygen atoms in total. The van der Waals surface area contributed by atoms with Crippen LogP contribution in [0, 0.1) is 6.92 Å². The first-order valence-electron chi connectivity index (χ1n) is 4.69. The summed E-state index contributed by atoms with van der Waals surface area (Å²) < 4.78 is 6.27. The van der Waals surface area contributed by atoms with E-state index in [-0.39, 0.29) is 5.56 Å². The molecule has 0 spiro atoms. The number of aromatic nitrogens is 1. The summed E-state index contributed by atoms with van der Waals surface area (Å²) >= 11 is 4.60. The van der Waals surface area contributed by atoms with E-state index in [0.717, 1.165) is 10.2 Å². The maximum absolute atomic E-state index is 10.8. The average molecular weight is 314 g/mol. The summed E-state index contributed by atoms with van der Waals surface area (Å²) in [6.45, 7) is 1.80. The van der Waals surface area contributed by atoms with Crippen LogP contribution in [-0.4, -0.2) is 16.1 Å². The Bertz CT molecular complexity index is 568. The molecule has 0 saturated heterocycles. The molecule has 1 aromatic heterocycles. The maximum Gasteiger partial charge on any atom is 0.335 e. The van der Waals surface area contributed by atoms with E-state index in [2.05, 4.69) is 20.9 Å². The molecule has 0 aliphatic heterocycles. The quantitative estimate of drug-likeness (QED) is 0.938. The van der Waals surface area contributed by atoms with Crippen LogP contribution in [-0.2, 0) is 0 Å². The zero-order chi connectivity index (χ0) is 12.4. The minimum Gasteiger partial charge on any atom is -0.478 e. The molecule has 0 aliphatic carbocycles. The fourth-order valence-corrected chi connectivity index (χ4v) is 2.38. The lowest BCUT2D eigenvalue weighted by atomic mass is 10.1. The van der Waals surface area contributed by atoms with Crippen molar-refractivity contribution in [3.63, 3.8) is 0 Å². The van der Waals surface area contributed by atoms with Crippen LogP contribution in [0.25, 0.3) is 0 Å². The van der Waals surface area contributed by atoms with Crippen LogP contribution in [0.5, 0.6) is 10.9 Å². The van der Waals surface area contributed by atoms with Crippen LogP contribution >= 0.6 is 27.3 Å². The van der Waals surface area contributed by atoms with Gasteiger partial charge >= 0.3 is 5.97 Å². The Hall–Kier alpha value is -1.40. The molecule has 0 saturated carbocycles. The van der Waals surface area contributed by atoms with E-state index in [1.54, 1.807) is 19.1 Å². The summed E-state index contributed by atoms with van der Waals surface area (Å²) in [5, 5.41) is 11.2. The molecular formula is C11H8BrNO3S. The Labute approximate surface area is 110 Å². The number of carboxylic acid groups (broad SMARTS) is 1. The van der Waals surface area contributed by atoms with Crippen molar-refractivity contribution < 1.29 is 14.6 Å². The van der Waals surface area contributed by atoms with Crippen molar-refractivity contribution in [1.29, 1.82) is 0 Å². The van der Waals surface area contributed by atoms with Crippen molar-refractivity contribution >= 4 is 33.2 Å². The molecule has 2 aromatic rings. The van der Waals surface area contributed by atoms with E-state index < -0.39 is 5.97 Å². The standard InChI is InChI=1S/C11H8BrNO3S/c1-6-4-7(10(14)15)2-3-8(6)16-11-13-9(12)5-17-11/h2-5H,1H3,(H,14,15). The SMILES string of the molecule is Cc1cc(C(=O)O)ccc1Oc1nc(Br)cs1. The summed E-state index contributed by atoms with van der Waals surface area (Å²) in [4.78, 5) is 14.9. The highest BCUT2D eigenvalue weighted by atomic mass is 79.9. The van der Waals surface area contributed by atoms with Gasteiger partial charge in [-0.05, 0) is 46.6 Å². The average Bonchev–Trinajstić information content (AvgIpc) is 2.67. The van der Waals surface area contributed by atoms with Crippen molar-refractivity contribution in [2.75, 3.05) is 0 Å². The lowest BCUT2D eigenvalue weighted by Crippen LogP contribution is -1.97. The van der Waals surface area contributed by atoms with Crippen molar-refractivity contribution in [1.82, 2.24) is 4.98 Å². The number of benzene rings is 1. The van der Waals surface area contributed by atoms with E-state index in [0.29, 0.717) is 10.9 Å². The number of ether oxygens (including phenoxy) is 1. The van der Waals surface area contributed by atoms with Crippen LogP contribution in [0.15, 0.2) is 28.2 Å². The van der Waals surface area contributed by atoms with E-state index >= 15 is 0 Å². The lowest BCUT2D eigenvalue weighted by Gasteiger charge is -2.06. The molecule has 0 aliphatic rings. The van der Waals surface area contributed by atoms with Crippen molar-refractivity contribution in [2.24, 2.45) is 0 Å². The Balaban J connectivity index is 2.25. The van der Waals surface area contributed by atoms with Gasteiger partial charge in [0.05, 0.1) is 5.56 Å². The number of rotatable bonds is 3. The number of nitrogens with zero attached hydrogens (tertiary/aromatic N) is 1. The van der Waals surface area contributed by atoms with Crippen LogP contribution < -0.4 is 4.74 Å².